The summed E-state index contributed by atoms with van der Waals surface area (Å²) < 4.78 is 3.50. The van der Waals surface area contributed by atoms with E-state index in [1.165, 1.54) is 11.3 Å². The molecule has 0 saturated carbocycles. The molecular formula is C23H23N5O2S. The van der Waals surface area contributed by atoms with E-state index in [1.807, 2.05) is 35.8 Å². The zero-order valence-electron chi connectivity index (χ0n) is 17.2. The van der Waals surface area contributed by atoms with Gasteiger partial charge in [0.05, 0.1) is 10.9 Å². The molecular weight excluding hydrogens is 410 g/mol. The van der Waals surface area contributed by atoms with Crippen LogP contribution in [0.2, 0.25) is 0 Å². The zero-order valence-corrected chi connectivity index (χ0v) is 18.0. The Labute approximate surface area is 183 Å². The van der Waals surface area contributed by atoms with Crippen molar-refractivity contribution < 1.29 is 5.11 Å². The maximum atomic E-state index is 12.4. The van der Waals surface area contributed by atoms with E-state index in [0.29, 0.717) is 22.6 Å². The minimum atomic E-state index is -0.0812. The van der Waals surface area contributed by atoms with Gasteiger partial charge in [-0.2, -0.15) is 4.52 Å². The second kappa shape index (κ2) is 7.03. The Morgan fingerprint density at radius 3 is 2.74 bits per heavy atom. The van der Waals surface area contributed by atoms with E-state index in [-0.39, 0.29) is 17.5 Å². The number of hydrogen-bond donors (Lipinski definition) is 1. The van der Waals surface area contributed by atoms with Crippen molar-refractivity contribution in [3.63, 3.8) is 0 Å². The molecule has 3 atom stereocenters. The second-order valence-electron chi connectivity index (χ2n) is 8.61. The average Bonchev–Trinajstić information content (AvgIpc) is 3.27. The summed E-state index contributed by atoms with van der Waals surface area (Å²) in [6.07, 6.45) is 1.10. The van der Waals surface area contributed by atoms with Crippen LogP contribution >= 0.6 is 11.3 Å². The standard InChI is InChI=1S/C23H23N5O2S/c1-14-24-23-28(25-14)22(30)21(31-23)20(16-6-3-2-4-7-16)26-11-15-10-17(13-26)18-8-5-9-19(29)27(18)12-15/h2-9,15,17,20,30H,10-13H2,1H3. The molecule has 8 heteroatoms. The summed E-state index contributed by atoms with van der Waals surface area (Å²) in [5.41, 5.74) is 2.37. The van der Waals surface area contributed by atoms with E-state index >= 15 is 0 Å². The topological polar surface area (TPSA) is 75.7 Å². The monoisotopic (exact) mass is 433 g/mol. The van der Waals surface area contributed by atoms with Crippen molar-refractivity contribution in [2.45, 2.75) is 31.8 Å². The highest BCUT2D eigenvalue weighted by Gasteiger charge is 2.39. The van der Waals surface area contributed by atoms with Crippen LogP contribution in [0, 0.1) is 12.8 Å². The molecule has 1 saturated heterocycles. The average molecular weight is 434 g/mol. The molecule has 2 aliphatic heterocycles. The van der Waals surface area contributed by atoms with Gasteiger partial charge in [-0.1, -0.05) is 47.7 Å². The van der Waals surface area contributed by atoms with Crippen molar-refractivity contribution in [3.8, 4) is 5.88 Å². The lowest BCUT2D eigenvalue weighted by atomic mass is 9.82. The van der Waals surface area contributed by atoms with Gasteiger partial charge in [0.2, 0.25) is 10.8 Å². The third-order valence-electron chi connectivity index (χ3n) is 6.54. The van der Waals surface area contributed by atoms with Crippen LogP contribution in [0.3, 0.4) is 0 Å². The predicted octanol–water partition coefficient (Wildman–Crippen LogP) is 3.18. The molecule has 0 radical (unpaired) electrons. The van der Waals surface area contributed by atoms with E-state index in [4.69, 9.17) is 0 Å². The summed E-state index contributed by atoms with van der Waals surface area (Å²) in [6.45, 7) is 4.30. The van der Waals surface area contributed by atoms with E-state index in [0.717, 1.165) is 42.2 Å². The third-order valence-corrected chi connectivity index (χ3v) is 7.61. The summed E-state index contributed by atoms with van der Waals surface area (Å²) in [5, 5.41) is 15.4. The molecule has 5 heterocycles. The van der Waals surface area contributed by atoms with E-state index in [2.05, 4.69) is 33.2 Å². The van der Waals surface area contributed by atoms with Gasteiger partial charge in [-0.15, -0.1) is 5.10 Å². The first-order chi connectivity index (χ1) is 15.1. The number of likely N-dealkylation sites (tertiary alicyclic amines) is 1. The summed E-state index contributed by atoms with van der Waals surface area (Å²) in [5.74, 6) is 1.53. The Morgan fingerprint density at radius 1 is 1.10 bits per heavy atom. The van der Waals surface area contributed by atoms with Gasteiger partial charge in [0.15, 0.2) is 0 Å². The van der Waals surface area contributed by atoms with Crippen LogP contribution < -0.4 is 5.56 Å². The number of thiazole rings is 1. The Kier molecular flexibility index (Phi) is 4.26. The van der Waals surface area contributed by atoms with E-state index < -0.39 is 0 Å². The first kappa shape index (κ1) is 18.8. The predicted molar refractivity (Wildman–Crippen MR) is 119 cm³/mol. The van der Waals surface area contributed by atoms with Crippen LogP contribution in [-0.2, 0) is 6.54 Å². The fourth-order valence-electron chi connectivity index (χ4n) is 5.33. The second-order valence-corrected chi connectivity index (χ2v) is 9.62. The lowest BCUT2D eigenvalue weighted by Crippen LogP contribution is -2.48. The molecule has 1 aromatic carbocycles. The van der Waals surface area contributed by atoms with Gasteiger partial charge in [-0.25, -0.2) is 4.98 Å². The SMILES string of the molecule is Cc1nc2sc(C(c3ccccc3)N3CC4CC(C3)c3cccc(=O)n3C4)c(O)n2n1. The van der Waals surface area contributed by atoms with Crippen molar-refractivity contribution >= 4 is 16.3 Å². The summed E-state index contributed by atoms with van der Waals surface area (Å²) in [7, 11) is 0. The molecule has 3 aromatic heterocycles. The highest BCUT2D eigenvalue weighted by atomic mass is 32.1. The summed E-state index contributed by atoms with van der Waals surface area (Å²) in [4.78, 5) is 20.9. The number of aryl methyl sites for hydroxylation is 1. The van der Waals surface area contributed by atoms with Gasteiger partial charge in [0.25, 0.3) is 5.56 Å². The number of hydrogen-bond acceptors (Lipinski definition) is 6. The Bertz CT molecular complexity index is 1320. The molecule has 6 rings (SSSR count). The molecule has 31 heavy (non-hydrogen) atoms. The molecule has 1 fully saturated rings. The van der Waals surface area contributed by atoms with Crippen molar-refractivity contribution in [1.82, 2.24) is 24.1 Å². The zero-order chi connectivity index (χ0) is 21.1. The van der Waals surface area contributed by atoms with Crippen LogP contribution in [0.1, 0.15) is 40.3 Å². The fraction of sp³-hybridized carbons (Fsp3) is 0.348. The Hall–Kier alpha value is -2.97. The number of nitrogens with zero attached hydrogens (tertiary/aromatic N) is 5. The quantitative estimate of drug-likeness (QED) is 0.537. The molecule has 3 unspecified atom stereocenters. The van der Waals surface area contributed by atoms with Crippen molar-refractivity contribution in [1.29, 1.82) is 0 Å². The summed E-state index contributed by atoms with van der Waals surface area (Å²) in [6, 6.07) is 15.9. The number of fused-ring (bicyclic) bond motifs is 5. The molecule has 158 valence electrons. The highest BCUT2D eigenvalue weighted by molar-refractivity contribution is 7.17. The largest absolute Gasteiger partial charge is 0.492 e. The third kappa shape index (κ3) is 3.01. The minimum Gasteiger partial charge on any atom is -0.492 e. The lowest BCUT2D eigenvalue weighted by Gasteiger charge is -2.45. The fourth-order valence-corrected chi connectivity index (χ4v) is 6.50. The van der Waals surface area contributed by atoms with Crippen LogP contribution in [0.15, 0.2) is 53.3 Å². The number of aromatic nitrogens is 4. The van der Waals surface area contributed by atoms with Crippen molar-refractivity contribution in [2.24, 2.45) is 5.92 Å². The molecule has 0 spiro atoms. The molecule has 1 N–H and O–H groups in total. The lowest BCUT2D eigenvalue weighted by molar-refractivity contribution is 0.0952. The van der Waals surface area contributed by atoms with Gasteiger partial charge in [-0.05, 0) is 30.9 Å². The maximum absolute atomic E-state index is 12.4. The number of benzene rings is 1. The Morgan fingerprint density at radius 2 is 1.94 bits per heavy atom. The number of rotatable bonds is 3. The number of pyridine rings is 1. The van der Waals surface area contributed by atoms with Crippen LogP contribution in [0.5, 0.6) is 5.88 Å². The smallest absolute Gasteiger partial charge is 0.250 e. The van der Waals surface area contributed by atoms with Gasteiger partial charge in [-0.3, -0.25) is 9.69 Å². The maximum Gasteiger partial charge on any atom is 0.250 e. The molecule has 2 aliphatic rings. The highest BCUT2D eigenvalue weighted by Crippen LogP contribution is 2.44. The summed E-state index contributed by atoms with van der Waals surface area (Å²) >= 11 is 1.50. The normalized spacial score (nSPS) is 21.8. The molecule has 2 bridgehead atoms. The molecule has 7 nitrogen and oxygen atoms in total. The van der Waals surface area contributed by atoms with Gasteiger partial charge >= 0.3 is 0 Å². The van der Waals surface area contributed by atoms with Crippen molar-refractivity contribution in [3.05, 3.63) is 80.8 Å². The van der Waals surface area contributed by atoms with Crippen molar-refractivity contribution in [2.75, 3.05) is 13.1 Å². The van der Waals surface area contributed by atoms with Crippen LogP contribution in [-0.4, -0.2) is 42.3 Å². The first-order valence-corrected chi connectivity index (χ1v) is 11.4. The minimum absolute atomic E-state index is 0.0812. The number of aromatic hydroxyl groups is 1. The Balaban J connectivity index is 1.45. The molecule has 0 amide bonds. The number of piperidine rings is 1. The van der Waals surface area contributed by atoms with Gasteiger partial charge in [0, 0.05) is 37.3 Å². The van der Waals surface area contributed by atoms with Crippen LogP contribution in [0.25, 0.3) is 4.96 Å². The van der Waals surface area contributed by atoms with Gasteiger partial charge in [0.1, 0.15) is 5.82 Å². The van der Waals surface area contributed by atoms with E-state index in [1.54, 1.807) is 10.6 Å². The van der Waals surface area contributed by atoms with Gasteiger partial charge < -0.3 is 9.67 Å². The first-order valence-electron chi connectivity index (χ1n) is 10.6. The van der Waals surface area contributed by atoms with E-state index in [9.17, 15) is 9.90 Å². The van der Waals surface area contributed by atoms with Crippen LogP contribution in [0.4, 0.5) is 0 Å². The molecule has 0 aliphatic carbocycles. The molecule has 4 aromatic rings.